The van der Waals surface area contributed by atoms with Crippen molar-refractivity contribution in [3.63, 3.8) is 0 Å². The van der Waals surface area contributed by atoms with Crippen molar-refractivity contribution in [3.8, 4) is 0 Å². The Bertz CT molecular complexity index is 522. The minimum absolute atomic E-state index is 0.0634. The van der Waals surface area contributed by atoms with Gasteiger partial charge >= 0.3 is 6.18 Å². The Balaban J connectivity index is 2.13. The number of piperazine rings is 1. The maximum Gasteiger partial charge on any atom is 0.419 e. The Hall–Kier alpha value is -1.47. The van der Waals surface area contributed by atoms with Crippen LogP contribution in [0.2, 0.25) is 0 Å². The van der Waals surface area contributed by atoms with Crippen molar-refractivity contribution in [2.45, 2.75) is 6.18 Å². The summed E-state index contributed by atoms with van der Waals surface area (Å²) >= 11 is 0. The predicted molar refractivity (Wildman–Crippen MR) is 69.7 cm³/mol. The number of hydrogen-bond donors (Lipinski definition) is 0. The number of halogens is 4. The second-order valence-corrected chi connectivity index (χ2v) is 5.17. The number of hydrogen-bond acceptors (Lipinski definition) is 3. The molecule has 7 heteroatoms. The van der Waals surface area contributed by atoms with Gasteiger partial charge in [0, 0.05) is 26.2 Å². The van der Waals surface area contributed by atoms with E-state index in [1.54, 1.807) is 0 Å². The zero-order valence-electron chi connectivity index (χ0n) is 11.6. The molecule has 1 aliphatic heterocycles. The van der Waals surface area contributed by atoms with E-state index in [1.165, 1.54) is 0 Å². The molecule has 0 aliphatic carbocycles. The third-order valence-electron chi connectivity index (χ3n) is 3.57. The van der Waals surface area contributed by atoms with Crippen molar-refractivity contribution < 1.29 is 22.4 Å². The molecule has 1 aromatic carbocycles. The lowest BCUT2D eigenvalue weighted by molar-refractivity contribution is -0.140. The van der Waals surface area contributed by atoms with Gasteiger partial charge in [0.05, 0.1) is 17.7 Å². The lowest BCUT2D eigenvalue weighted by Gasteiger charge is -2.31. The van der Waals surface area contributed by atoms with E-state index in [0.717, 1.165) is 25.2 Å². The lowest BCUT2D eigenvalue weighted by Crippen LogP contribution is -2.46. The first-order valence-electron chi connectivity index (χ1n) is 6.59. The quantitative estimate of drug-likeness (QED) is 0.632. The van der Waals surface area contributed by atoms with E-state index < -0.39 is 28.9 Å². The van der Waals surface area contributed by atoms with E-state index in [2.05, 4.69) is 4.90 Å². The maximum absolute atomic E-state index is 13.9. The van der Waals surface area contributed by atoms with Crippen LogP contribution in [0.1, 0.15) is 15.9 Å². The predicted octanol–water partition coefficient (Wildman–Crippen LogP) is 2.27. The van der Waals surface area contributed by atoms with Crippen LogP contribution in [-0.2, 0) is 6.18 Å². The number of carbonyl (C=O) groups is 1. The van der Waals surface area contributed by atoms with E-state index in [0.29, 0.717) is 19.2 Å². The van der Waals surface area contributed by atoms with Crippen molar-refractivity contribution in [3.05, 3.63) is 35.1 Å². The first kappa shape index (κ1) is 15.9. The number of benzene rings is 1. The second-order valence-electron chi connectivity index (χ2n) is 5.17. The molecule has 0 saturated carbocycles. The third kappa shape index (κ3) is 3.79. The minimum Gasteiger partial charge on any atom is -0.304 e. The topological polar surface area (TPSA) is 23.6 Å². The van der Waals surface area contributed by atoms with E-state index in [1.807, 2.05) is 11.9 Å². The highest BCUT2D eigenvalue weighted by Gasteiger charge is 2.35. The van der Waals surface area contributed by atoms with E-state index in [9.17, 15) is 22.4 Å². The average Bonchev–Trinajstić information content (AvgIpc) is 2.40. The Kier molecular flexibility index (Phi) is 4.63. The third-order valence-corrected chi connectivity index (χ3v) is 3.57. The Morgan fingerprint density at radius 3 is 2.38 bits per heavy atom. The van der Waals surface area contributed by atoms with Crippen molar-refractivity contribution in [1.29, 1.82) is 0 Å². The Labute approximate surface area is 120 Å². The summed E-state index contributed by atoms with van der Waals surface area (Å²) in [5, 5.41) is 0. The van der Waals surface area contributed by atoms with Gasteiger partial charge in [0.25, 0.3) is 0 Å². The highest BCUT2D eigenvalue weighted by Crippen LogP contribution is 2.32. The van der Waals surface area contributed by atoms with E-state index >= 15 is 0 Å². The van der Waals surface area contributed by atoms with Crippen LogP contribution in [0.15, 0.2) is 18.2 Å². The molecule has 0 amide bonds. The van der Waals surface area contributed by atoms with Crippen LogP contribution in [0.3, 0.4) is 0 Å². The molecular formula is C14H16F4N2O. The van der Waals surface area contributed by atoms with Gasteiger partial charge in [-0.15, -0.1) is 0 Å². The van der Waals surface area contributed by atoms with Crippen LogP contribution in [0.5, 0.6) is 0 Å². The molecule has 1 aromatic rings. The fourth-order valence-corrected chi connectivity index (χ4v) is 2.26. The summed E-state index contributed by atoms with van der Waals surface area (Å²) in [6, 6.07) is 2.80. The van der Waals surface area contributed by atoms with Gasteiger partial charge in [0.2, 0.25) is 0 Å². The summed E-state index contributed by atoms with van der Waals surface area (Å²) in [7, 11) is 1.95. The molecular weight excluding hydrogens is 288 g/mol. The van der Waals surface area contributed by atoms with Crippen molar-refractivity contribution in [2.75, 3.05) is 39.8 Å². The van der Waals surface area contributed by atoms with Gasteiger partial charge < -0.3 is 4.90 Å². The molecule has 0 radical (unpaired) electrons. The molecule has 1 fully saturated rings. The number of ketones is 1. The second kappa shape index (κ2) is 6.11. The van der Waals surface area contributed by atoms with E-state index in [4.69, 9.17) is 0 Å². The number of rotatable bonds is 3. The van der Waals surface area contributed by atoms with Crippen LogP contribution >= 0.6 is 0 Å². The summed E-state index contributed by atoms with van der Waals surface area (Å²) in [5.74, 6) is -2.10. The summed E-state index contributed by atoms with van der Waals surface area (Å²) in [6.07, 6.45) is -4.80. The molecule has 0 N–H and O–H groups in total. The first-order chi connectivity index (χ1) is 9.79. The minimum atomic E-state index is -4.80. The molecule has 3 nitrogen and oxygen atoms in total. The van der Waals surface area contributed by atoms with Gasteiger partial charge in [-0.25, -0.2) is 4.39 Å². The summed E-state index contributed by atoms with van der Waals surface area (Å²) in [5.41, 5.74) is -1.89. The Morgan fingerprint density at radius 1 is 1.19 bits per heavy atom. The largest absolute Gasteiger partial charge is 0.419 e. The van der Waals surface area contributed by atoms with Gasteiger partial charge in [-0.05, 0) is 19.2 Å². The molecule has 1 aliphatic rings. The van der Waals surface area contributed by atoms with Crippen LogP contribution in [0, 0.1) is 5.82 Å². The fourth-order valence-electron chi connectivity index (χ4n) is 2.26. The molecule has 0 spiro atoms. The highest BCUT2D eigenvalue weighted by molar-refractivity contribution is 5.98. The van der Waals surface area contributed by atoms with E-state index in [-0.39, 0.29) is 6.54 Å². The van der Waals surface area contributed by atoms with Gasteiger partial charge in [-0.3, -0.25) is 9.69 Å². The lowest BCUT2D eigenvalue weighted by atomic mass is 10.0. The molecule has 0 aromatic heterocycles. The molecule has 1 saturated heterocycles. The Morgan fingerprint density at radius 2 is 1.81 bits per heavy atom. The number of Topliss-reactive ketones (excluding diaryl/α,β-unsaturated/α-hetero) is 1. The van der Waals surface area contributed by atoms with Gasteiger partial charge in [0.1, 0.15) is 5.82 Å². The summed E-state index contributed by atoms with van der Waals surface area (Å²) in [4.78, 5) is 15.9. The zero-order chi connectivity index (χ0) is 15.6. The van der Waals surface area contributed by atoms with Crippen LogP contribution in [0.25, 0.3) is 0 Å². The first-order valence-corrected chi connectivity index (χ1v) is 6.59. The molecule has 0 atom stereocenters. The number of carbonyl (C=O) groups excluding carboxylic acids is 1. The molecule has 21 heavy (non-hydrogen) atoms. The molecule has 116 valence electrons. The van der Waals surface area contributed by atoms with Gasteiger partial charge in [-0.1, -0.05) is 6.07 Å². The van der Waals surface area contributed by atoms with Gasteiger partial charge in [-0.2, -0.15) is 13.2 Å². The molecule has 0 unspecified atom stereocenters. The monoisotopic (exact) mass is 304 g/mol. The van der Waals surface area contributed by atoms with Crippen LogP contribution in [-0.4, -0.2) is 55.4 Å². The molecule has 0 bridgehead atoms. The highest BCUT2D eigenvalue weighted by atomic mass is 19.4. The fraction of sp³-hybridized carbons (Fsp3) is 0.500. The maximum atomic E-state index is 13.9. The number of nitrogens with zero attached hydrogens (tertiary/aromatic N) is 2. The van der Waals surface area contributed by atoms with Gasteiger partial charge in [0.15, 0.2) is 5.78 Å². The number of alkyl halides is 3. The van der Waals surface area contributed by atoms with Crippen LogP contribution < -0.4 is 0 Å². The van der Waals surface area contributed by atoms with Crippen molar-refractivity contribution in [2.24, 2.45) is 0 Å². The van der Waals surface area contributed by atoms with Crippen molar-refractivity contribution in [1.82, 2.24) is 9.80 Å². The van der Waals surface area contributed by atoms with Crippen molar-refractivity contribution >= 4 is 5.78 Å². The molecule has 1 heterocycles. The standard InChI is InChI=1S/C14H16F4N2O/c1-19-5-7-20(8-6-19)9-12(21)10-3-2-4-11(13(10)15)14(16,17)18/h2-4H,5-9H2,1H3. The normalized spacial score (nSPS) is 18.0. The average molecular weight is 304 g/mol. The SMILES string of the molecule is CN1CCN(CC(=O)c2cccc(C(F)(F)F)c2F)CC1. The smallest absolute Gasteiger partial charge is 0.304 e. The number of likely N-dealkylation sites (N-methyl/N-ethyl adjacent to an activating group) is 1. The summed E-state index contributed by atoms with van der Waals surface area (Å²) < 4.78 is 51.7. The molecule has 2 rings (SSSR count). The van der Waals surface area contributed by atoms with Crippen LogP contribution in [0.4, 0.5) is 17.6 Å². The zero-order valence-corrected chi connectivity index (χ0v) is 11.6. The summed E-state index contributed by atoms with van der Waals surface area (Å²) in [6.45, 7) is 2.77.